The molecule has 4 aromatic carbocycles. The molecule has 0 radical (unpaired) electrons. The predicted octanol–water partition coefficient (Wildman–Crippen LogP) is 5.99. The molecule has 0 unspecified atom stereocenters. The average Bonchev–Trinajstić information content (AvgIpc) is 2.78. The minimum atomic E-state index is 0.0243. The molecule has 32 heavy (non-hydrogen) atoms. The molecule has 0 spiro atoms. The first-order valence-corrected chi connectivity index (χ1v) is 9.49. The normalized spacial score (nSPS) is 12.0. The second-order valence-electron chi connectivity index (χ2n) is 6.88. The Hall–Kier alpha value is -4.72. The molecule has 6 rings (SSSR count). The Morgan fingerprint density at radius 1 is 0.406 bits per heavy atom. The van der Waals surface area contributed by atoms with Gasteiger partial charge in [0.05, 0.1) is 0 Å². The molecular weight excluding hydrogens is 416 g/mol. The van der Waals surface area contributed by atoms with Crippen molar-refractivity contribution in [2.75, 3.05) is 0 Å². The van der Waals surface area contributed by atoms with Gasteiger partial charge in [-0.25, -0.2) is 0 Å². The van der Waals surface area contributed by atoms with Gasteiger partial charge in [0.25, 0.3) is 0 Å². The van der Waals surface area contributed by atoms with Crippen LogP contribution in [0.2, 0.25) is 0 Å². The van der Waals surface area contributed by atoms with Gasteiger partial charge >= 0.3 is 0 Å². The van der Waals surface area contributed by atoms with Crippen molar-refractivity contribution >= 4 is 0 Å². The molecule has 8 heteroatoms. The summed E-state index contributed by atoms with van der Waals surface area (Å²) >= 11 is 0. The van der Waals surface area contributed by atoms with Gasteiger partial charge in [0, 0.05) is 12.1 Å². The zero-order valence-electron chi connectivity index (χ0n) is 16.4. The molecule has 2 aliphatic rings. The van der Waals surface area contributed by atoms with Gasteiger partial charge in [0.1, 0.15) is 11.5 Å². The summed E-state index contributed by atoms with van der Waals surface area (Å²) in [6.45, 7) is 0. The fourth-order valence-electron chi connectivity index (χ4n) is 3.15. The Balaban J connectivity index is 0.000000135. The Morgan fingerprint density at radius 2 is 0.844 bits per heavy atom. The summed E-state index contributed by atoms with van der Waals surface area (Å²) in [5.74, 6) is 3.48. The molecule has 2 heterocycles. The highest BCUT2D eigenvalue weighted by Gasteiger charge is 2.22. The molecule has 0 saturated heterocycles. The van der Waals surface area contributed by atoms with Crippen molar-refractivity contribution in [3.8, 4) is 69.0 Å². The summed E-state index contributed by atoms with van der Waals surface area (Å²) < 4.78 is 21.9. The molecule has 4 N–H and O–H groups in total. The average molecular weight is 432 g/mol. The predicted molar refractivity (Wildman–Crippen MR) is 113 cm³/mol. The van der Waals surface area contributed by atoms with E-state index < -0.39 is 0 Å². The first-order valence-electron chi connectivity index (χ1n) is 9.49. The summed E-state index contributed by atoms with van der Waals surface area (Å²) in [4.78, 5) is 0. The van der Waals surface area contributed by atoms with E-state index in [1.807, 2.05) is 0 Å². The van der Waals surface area contributed by atoms with Gasteiger partial charge in [0.15, 0.2) is 46.0 Å². The van der Waals surface area contributed by atoms with Crippen LogP contribution in [-0.2, 0) is 0 Å². The number of fused-ring (bicyclic) bond motifs is 4. The van der Waals surface area contributed by atoms with Crippen LogP contribution in [0.4, 0.5) is 0 Å². The molecule has 0 aromatic heterocycles. The van der Waals surface area contributed by atoms with Crippen LogP contribution in [-0.4, -0.2) is 20.4 Å². The number of ether oxygens (including phenoxy) is 4. The molecule has 0 fully saturated rings. The number of benzene rings is 4. The minimum absolute atomic E-state index is 0.0243. The van der Waals surface area contributed by atoms with Gasteiger partial charge in [0.2, 0.25) is 11.5 Å². The minimum Gasteiger partial charge on any atom is -0.508 e. The van der Waals surface area contributed by atoms with Gasteiger partial charge < -0.3 is 39.4 Å². The first kappa shape index (κ1) is 19.3. The van der Waals surface area contributed by atoms with E-state index in [0.29, 0.717) is 46.0 Å². The fraction of sp³-hybridized carbons (Fsp3) is 0. The van der Waals surface area contributed by atoms with E-state index in [4.69, 9.17) is 18.9 Å². The number of phenolic OH excluding ortho intramolecular Hbond substituents is 4. The standard InChI is InChI=1S/2C12H8O4/c2*13-7-4-5-9-11(6-7)15-10-3-1-2-8(14)12(10)16-9/h2*1-6,13-14H. The number of hydrogen-bond acceptors (Lipinski definition) is 8. The maximum absolute atomic E-state index is 9.58. The maximum atomic E-state index is 9.58. The van der Waals surface area contributed by atoms with Crippen LogP contribution in [0.25, 0.3) is 0 Å². The summed E-state index contributed by atoms with van der Waals surface area (Å²) in [5, 5.41) is 37.8. The van der Waals surface area contributed by atoms with E-state index >= 15 is 0 Å². The Labute approximate surface area is 181 Å². The van der Waals surface area contributed by atoms with Crippen LogP contribution >= 0.6 is 0 Å². The highest BCUT2D eigenvalue weighted by Crippen LogP contribution is 2.50. The zero-order chi connectivity index (χ0) is 22.2. The molecule has 0 saturated carbocycles. The quantitative estimate of drug-likeness (QED) is 0.231. The highest BCUT2D eigenvalue weighted by molar-refractivity contribution is 5.61. The van der Waals surface area contributed by atoms with Gasteiger partial charge in [-0.2, -0.15) is 0 Å². The molecular formula is C24H16O8. The van der Waals surface area contributed by atoms with Gasteiger partial charge in [-0.05, 0) is 48.5 Å². The second-order valence-corrected chi connectivity index (χ2v) is 6.88. The zero-order valence-corrected chi connectivity index (χ0v) is 16.4. The van der Waals surface area contributed by atoms with E-state index in [1.54, 1.807) is 36.4 Å². The first-order chi connectivity index (χ1) is 15.5. The number of rotatable bonds is 0. The smallest absolute Gasteiger partial charge is 0.211 e. The van der Waals surface area contributed by atoms with Crippen molar-refractivity contribution in [3.63, 3.8) is 0 Å². The molecule has 0 bridgehead atoms. The second kappa shape index (κ2) is 7.51. The SMILES string of the molecule is Oc1ccc2c(c1)Oc1cccc(O)c1O2.Oc1ccc2c(c1)Oc1cccc(O)c1O2. The third-order valence-electron chi connectivity index (χ3n) is 4.63. The van der Waals surface area contributed by atoms with Gasteiger partial charge in [-0.1, -0.05) is 12.1 Å². The van der Waals surface area contributed by atoms with Crippen LogP contribution in [0.3, 0.4) is 0 Å². The van der Waals surface area contributed by atoms with E-state index in [9.17, 15) is 20.4 Å². The van der Waals surface area contributed by atoms with E-state index in [2.05, 4.69) is 0 Å². The van der Waals surface area contributed by atoms with E-state index in [1.165, 1.54) is 36.4 Å². The Bertz CT molecular complexity index is 1230. The number of para-hydroxylation sites is 2. The molecule has 0 amide bonds. The third-order valence-corrected chi connectivity index (χ3v) is 4.63. The number of aromatic hydroxyl groups is 4. The molecule has 160 valence electrons. The lowest BCUT2D eigenvalue weighted by Gasteiger charge is -2.20. The Morgan fingerprint density at radius 3 is 1.28 bits per heavy atom. The maximum Gasteiger partial charge on any atom is 0.211 e. The molecule has 8 nitrogen and oxygen atoms in total. The van der Waals surface area contributed by atoms with Crippen LogP contribution in [0.15, 0.2) is 72.8 Å². The largest absolute Gasteiger partial charge is 0.508 e. The molecule has 4 aromatic rings. The summed E-state index contributed by atoms with van der Waals surface area (Å²) in [6, 6.07) is 18.8. The monoisotopic (exact) mass is 432 g/mol. The number of phenols is 4. The molecule has 0 aliphatic carbocycles. The van der Waals surface area contributed by atoms with Crippen molar-refractivity contribution in [2.45, 2.75) is 0 Å². The van der Waals surface area contributed by atoms with Crippen molar-refractivity contribution in [1.82, 2.24) is 0 Å². The van der Waals surface area contributed by atoms with Crippen LogP contribution in [0.1, 0.15) is 0 Å². The fourth-order valence-corrected chi connectivity index (χ4v) is 3.15. The lowest BCUT2D eigenvalue weighted by molar-refractivity contribution is 0.335. The molecule has 2 aliphatic heterocycles. The van der Waals surface area contributed by atoms with Crippen LogP contribution < -0.4 is 18.9 Å². The van der Waals surface area contributed by atoms with Crippen molar-refractivity contribution in [1.29, 1.82) is 0 Å². The highest BCUT2D eigenvalue weighted by atomic mass is 16.6. The molecule has 0 atom stereocenters. The lowest BCUT2D eigenvalue weighted by atomic mass is 10.2. The van der Waals surface area contributed by atoms with Crippen molar-refractivity contribution in [3.05, 3.63) is 72.8 Å². The Kier molecular flexibility index (Phi) is 4.52. The third kappa shape index (κ3) is 3.50. The van der Waals surface area contributed by atoms with Crippen molar-refractivity contribution < 1.29 is 39.4 Å². The lowest BCUT2D eigenvalue weighted by Crippen LogP contribution is -1.98. The van der Waals surface area contributed by atoms with E-state index in [-0.39, 0.29) is 23.0 Å². The van der Waals surface area contributed by atoms with Crippen LogP contribution in [0.5, 0.6) is 69.0 Å². The summed E-state index contributed by atoms with van der Waals surface area (Å²) in [7, 11) is 0. The summed E-state index contributed by atoms with van der Waals surface area (Å²) in [5.41, 5.74) is 0. The van der Waals surface area contributed by atoms with Gasteiger partial charge in [-0.15, -0.1) is 0 Å². The van der Waals surface area contributed by atoms with Crippen LogP contribution in [0, 0.1) is 0 Å². The van der Waals surface area contributed by atoms with Gasteiger partial charge in [-0.3, -0.25) is 0 Å². The summed E-state index contributed by atoms with van der Waals surface area (Å²) in [6.07, 6.45) is 0. The topological polar surface area (TPSA) is 118 Å². The van der Waals surface area contributed by atoms with E-state index in [0.717, 1.165) is 0 Å². The van der Waals surface area contributed by atoms with Crippen molar-refractivity contribution in [2.24, 2.45) is 0 Å². The number of hydrogen-bond donors (Lipinski definition) is 4.